The first kappa shape index (κ1) is 16.7. The summed E-state index contributed by atoms with van der Waals surface area (Å²) in [4.78, 5) is 2.31. The minimum absolute atomic E-state index is 0.119. The molecule has 21 heavy (non-hydrogen) atoms. The van der Waals surface area contributed by atoms with E-state index in [0.717, 1.165) is 17.7 Å². The molecule has 0 aromatic heterocycles. The maximum atomic E-state index is 6.28. The molecule has 2 N–H and O–H groups in total. The second-order valence-corrected chi connectivity index (χ2v) is 6.68. The van der Waals surface area contributed by atoms with Gasteiger partial charge in [0.05, 0.1) is 5.02 Å². The summed E-state index contributed by atoms with van der Waals surface area (Å²) in [6.07, 6.45) is 3.26. The Labute approximate surface area is 135 Å². The Morgan fingerprint density at radius 1 is 1.43 bits per heavy atom. The number of ether oxygens (including phenoxy) is 2. The van der Waals surface area contributed by atoms with Crippen molar-refractivity contribution in [3.63, 3.8) is 0 Å². The average Bonchev–Trinajstić information content (AvgIpc) is 2.94. The van der Waals surface area contributed by atoms with Crippen LogP contribution in [-0.2, 0) is 0 Å². The number of hydrogen-bond donors (Lipinski definition) is 1. The van der Waals surface area contributed by atoms with Crippen molar-refractivity contribution in [1.82, 2.24) is 4.90 Å². The molecular formula is C15H23ClN2O2S. The van der Waals surface area contributed by atoms with Crippen LogP contribution < -0.4 is 15.2 Å². The molecule has 1 heterocycles. The minimum atomic E-state index is 0.119. The Morgan fingerprint density at radius 3 is 2.86 bits per heavy atom. The zero-order valence-corrected chi connectivity index (χ0v) is 14.3. The lowest BCUT2D eigenvalue weighted by atomic mass is 10.0. The number of thioether (sulfide) groups is 1. The van der Waals surface area contributed by atoms with Crippen LogP contribution in [0.15, 0.2) is 12.1 Å². The highest BCUT2D eigenvalue weighted by atomic mass is 35.5. The SMILES string of the molecule is CSCCC(C)N(C)C(CN)c1cc(Cl)c2c(c1)OCO2. The zero-order valence-electron chi connectivity index (χ0n) is 12.8. The number of nitrogens with zero attached hydrogens (tertiary/aromatic N) is 1. The van der Waals surface area contributed by atoms with Crippen LogP contribution in [0.5, 0.6) is 11.5 Å². The Kier molecular flexibility index (Phi) is 6.05. The van der Waals surface area contributed by atoms with Crippen molar-refractivity contribution in [1.29, 1.82) is 0 Å². The van der Waals surface area contributed by atoms with Crippen LogP contribution in [-0.4, -0.2) is 43.3 Å². The average molecular weight is 331 g/mol. The number of likely N-dealkylation sites (N-methyl/N-ethyl adjacent to an activating group) is 1. The van der Waals surface area contributed by atoms with E-state index in [2.05, 4.69) is 25.1 Å². The van der Waals surface area contributed by atoms with Gasteiger partial charge in [0.1, 0.15) is 0 Å². The fourth-order valence-corrected chi connectivity index (χ4v) is 3.37. The summed E-state index contributed by atoms with van der Waals surface area (Å²) in [7, 11) is 2.11. The van der Waals surface area contributed by atoms with Crippen LogP contribution in [0.2, 0.25) is 5.02 Å². The molecule has 0 saturated heterocycles. The van der Waals surface area contributed by atoms with Crippen LogP contribution in [0.25, 0.3) is 0 Å². The van der Waals surface area contributed by atoms with Gasteiger partial charge in [-0.1, -0.05) is 11.6 Å². The standard InChI is InChI=1S/C15H23ClN2O2S/c1-10(4-5-21-3)18(2)13(8-17)11-6-12(16)15-14(7-11)19-9-20-15/h6-7,10,13H,4-5,8-9,17H2,1-3H3. The lowest BCUT2D eigenvalue weighted by Gasteiger charge is -2.33. The molecule has 2 rings (SSSR count). The molecule has 118 valence electrons. The second kappa shape index (κ2) is 7.58. The maximum Gasteiger partial charge on any atom is 0.231 e. The topological polar surface area (TPSA) is 47.7 Å². The van der Waals surface area contributed by atoms with Crippen LogP contribution in [0.1, 0.15) is 24.9 Å². The molecule has 2 atom stereocenters. The van der Waals surface area contributed by atoms with E-state index < -0.39 is 0 Å². The van der Waals surface area contributed by atoms with E-state index in [1.807, 2.05) is 23.9 Å². The first-order valence-electron chi connectivity index (χ1n) is 7.08. The molecule has 4 nitrogen and oxygen atoms in total. The highest BCUT2D eigenvalue weighted by molar-refractivity contribution is 7.98. The van der Waals surface area contributed by atoms with Gasteiger partial charge in [0, 0.05) is 18.6 Å². The summed E-state index contributed by atoms with van der Waals surface area (Å²) in [5, 5.41) is 0.587. The number of halogens is 1. The summed E-state index contributed by atoms with van der Waals surface area (Å²) >= 11 is 8.14. The molecule has 1 aromatic carbocycles. The van der Waals surface area contributed by atoms with Crippen molar-refractivity contribution < 1.29 is 9.47 Å². The van der Waals surface area contributed by atoms with Gasteiger partial charge in [0.25, 0.3) is 0 Å². The monoisotopic (exact) mass is 330 g/mol. The normalized spacial score (nSPS) is 16.3. The summed E-state index contributed by atoms with van der Waals surface area (Å²) in [6.45, 7) is 3.00. The zero-order chi connectivity index (χ0) is 15.4. The van der Waals surface area contributed by atoms with Crippen molar-refractivity contribution in [2.45, 2.75) is 25.4 Å². The van der Waals surface area contributed by atoms with E-state index >= 15 is 0 Å². The van der Waals surface area contributed by atoms with E-state index in [-0.39, 0.29) is 12.8 Å². The first-order chi connectivity index (χ1) is 10.1. The van der Waals surface area contributed by atoms with E-state index in [1.165, 1.54) is 0 Å². The molecule has 0 aliphatic carbocycles. The highest BCUT2D eigenvalue weighted by Gasteiger charge is 2.25. The van der Waals surface area contributed by atoms with Crippen LogP contribution in [0.4, 0.5) is 0 Å². The molecule has 0 spiro atoms. The van der Waals surface area contributed by atoms with Crippen molar-refractivity contribution in [3.05, 3.63) is 22.7 Å². The van der Waals surface area contributed by atoms with Gasteiger partial charge in [0.2, 0.25) is 6.79 Å². The number of rotatable bonds is 7. The van der Waals surface area contributed by atoms with Gasteiger partial charge in [-0.2, -0.15) is 11.8 Å². The van der Waals surface area contributed by atoms with Crippen molar-refractivity contribution in [2.24, 2.45) is 5.73 Å². The molecule has 1 aromatic rings. The highest BCUT2D eigenvalue weighted by Crippen LogP contribution is 2.41. The van der Waals surface area contributed by atoms with E-state index in [1.54, 1.807) is 0 Å². The number of benzene rings is 1. The number of fused-ring (bicyclic) bond motifs is 1. The van der Waals surface area contributed by atoms with E-state index in [0.29, 0.717) is 29.1 Å². The van der Waals surface area contributed by atoms with Crippen LogP contribution >= 0.6 is 23.4 Å². The third-order valence-electron chi connectivity index (χ3n) is 3.98. The van der Waals surface area contributed by atoms with E-state index in [4.69, 9.17) is 26.8 Å². The Bertz CT molecular complexity index is 487. The molecule has 0 amide bonds. The molecule has 0 saturated carbocycles. The second-order valence-electron chi connectivity index (χ2n) is 5.28. The fraction of sp³-hybridized carbons (Fsp3) is 0.600. The maximum absolute atomic E-state index is 6.28. The van der Waals surface area contributed by atoms with Gasteiger partial charge in [-0.15, -0.1) is 0 Å². The van der Waals surface area contributed by atoms with Crippen molar-refractivity contribution in [2.75, 3.05) is 32.4 Å². The van der Waals surface area contributed by atoms with Crippen LogP contribution in [0, 0.1) is 0 Å². The molecule has 1 aliphatic heterocycles. The molecule has 1 aliphatic rings. The number of hydrogen-bond acceptors (Lipinski definition) is 5. The third-order valence-corrected chi connectivity index (χ3v) is 4.91. The summed E-state index contributed by atoms with van der Waals surface area (Å²) in [5.41, 5.74) is 7.08. The molecular weight excluding hydrogens is 308 g/mol. The quantitative estimate of drug-likeness (QED) is 0.832. The Balaban J connectivity index is 2.19. The lowest BCUT2D eigenvalue weighted by Crippen LogP contribution is -2.37. The first-order valence-corrected chi connectivity index (χ1v) is 8.85. The van der Waals surface area contributed by atoms with Gasteiger partial charge in [-0.3, -0.25) is 4.90 Å². The summed E-state index contributed by atoms with van der Waals surface area (Å²) in [5.74, 6) is 2.49. The summed E-state index contributed by atoms with van der Waals surface area (Å²) < 4.78 is 10.8. The minimum Gasteiger partial charge on any atom is -0.454 e. The van der Waals surface area contributed by atoms with Crippen molar-refractivity contribution in [3.8, 4) is 11.5 Å². The van der Waals surface area contributed by atoms with Crippen molar-refractivity contribution >= 4 is 23.4 Å². The van der Waals surface area contributed by atoms with Gasteiger partial charge in [-0.05, 0) is 50.1 Å². The molecule has 2 unspecified atom stereocenters. The van der Waals surface area contributed by atoms with Gasteiger partial charge in [0.15, 0.2) is 11.5 Å². The fourth-order valence-electron chi connectivity index (χ4n) is 2.52. The predicted molar refractivity (Wildman–Crippen MR) is 89.6 cm³/mol. The van der Waals surface area contributed by atoms with Crippen LogP contribution in [0.3, 0.4) is 0 Å². The largest absolute Gasteiger partial charge is 0.454 e. The smallest absolute Gasteiger partial charge is 0.231 e. The number of nitrogens with two attached hydrogens (primary N) is 1. The van der Waals surface area contributed by atoms with Gasteiger partial charge in [-0.25, -0.2) is 0 Å². The predicted octanol–water partition coefficient (Wildman–Crippen LogP) is 3.14. The van der Waals surface area contributed by atoms with Gasteiger partial charge < -0.3 is 15.2 Å². The molecule has 6 heteroatoms. The Hall–Kier alpha value is -0.620. The Morgan fingerprint density at radius 2 is 2.19 bits per heavy atom. The molecule has 0 radical (unpaired) electrons. The third kappa shape index (κ3) is 3.77. The van der Waals surface area contributed by atoms with E-state index in [9.17, 15) is 0 Å². The summed E-state index contributed by atoms with van der Waals surface area (Å²) in [6, 6.07) is 4.50. The van der Waals surface area contributed by atoms with Gasteiger partial charge >= 0.3 is 0 Å². The lowest BCUT2D eigenvalue weighted by molar-refractivity contribution is 0.173. The molecule has 0 bridgehead atoms. The molecule has 0 fully saturated rings.